The van der Waals surface area contributed by atoms with Crippen molar-refractivity contribution in [1.29, 1.82) is 0 Å². The summed E-state index contributed by atoms with van der Waals surface area (Å²) in [5.41, 5.74) is 2.78. The molecule has 0 fully saturated rings. The van der Waals surface area contributed by atoms with Crippen molar-refractivity contribution in [2.45, 2.75) is 34.0 Å². The molecule has 0 atom stereocenters. The lowest BCUT2D eigenvalue weighted by Gasteiger charge is -2.12. The molecule has 0 unspecified atom stereocenters. The van der Waals surface area contributed by atoms with Crippen molar-refractivity contribution in [1.82, 2.24) is 5.16 Å². The van der Waals surface area contributed by atoms with Crippen LogP contribution >= 0.6 is 11.6 Å². The summed E-state index contributed by atoms with van der Waals surface area (Å²) in [6, 6.07) is 9.73. The van der Waals surface area contributed by atoms with Crippen molar-refractivity contribution in [3.8, 4) is 11.5 Å². The van der Waals surface area contributed by atoms with Crippen LogP contribution in [0.25, 0.3) is 0 Å². The smallest absolute Gasteiger partial charge is 0.387 e. The monoisotopic (exact) mass is 436 g/mol. The average Bonchev–Trinajstić information content (AvgIpc) is 3.04. The highest BCUT2D eigenvalue weighted by atomic mass is 35.5. The maximum Gasteiger partial charge on any atom is 0.387 e. The summed E-state index contributed by atoms with van der Waals surface area (Å²) >= 11 is 5.92. The Morgan fingerprint density at radius 1 is 1.20 bits per heavy atom. The number of anilines is 1. The molecule has 0 aliphatic heterocycles. The van der Waals surface area contributed by atoms with Gasteiger partial charge in [0.15, 0.2) is 5.69 Å². The fourth-order valence-electron chi connectivity index (χ4n) is 2.87. The Kier molecular flexibility index (Phi) is 6.56. The molecule has 1 N–H and O–H groups in total. The number of hydrogen-bond donors (Lipinski definition) is 1. The second kappa shape index (κ2) is 9.13. The number of aromatic nitrogens is 1. The van der Waals surface area contributed by atoms with Crippen molar-refractivity contribution in [3.63, 3.8) is 0 Å². The van der Waals surface area contributed by atoms with Crippen LogP contribution in [0, 0.1) is 20.8 Å². The number of halogens is 3. The fraction of sp³-hybridized carbons (Fsp3) is 0.238. The SMILES string of the molecule is Cc1cccc(C)c1OCc1c(C(=O)Nc2ccc(OC(F)F)c(Cl)c2)noc1C. The van der Waals surface area contributed by atoms with Gasteiger partial charge in [-0.25, -0.2) is 0 Å². The van der Waals surface area contributed by atoms with Gasteiger partial charge in [-0.05, 0) is 50.1 Å². The minimum Gasteiger partial charge on any atom is -0.488 e. The van der Waals surface area contributed by atoms with E-state index in [1.165, 1.54) is 18.2 Å². The normalized spacial score (nSPS) is 10.9. The molecule has 1 heterocycles. The van der Waals surface area contributed by atoms with Crippen LogP contribution in [0.15, 0.2) is 40.9 Å². The highest BCUT2D eigenvalue weighted by Crippen LogP contribution is 2.30. The van der Waals surface area contributed by atoms with Gasteiger partial charge in [0, 0.05) is 5.69 Å². The van der Waals surface area contributed by atoms with Crippen molar-refractivity contribution in [2.24, 2.45) is 0 Å². The first kappa shape index (κ1) is 21.6. The standard InChI is InChI=1S/C21H19ClF2N2O4/c1-11-5-4-6-12(2)19(11)28-10-15-13(3)30-26-18(15)20(27)25-14-7-8-17(16(22)9-14)29-21(23)24/h4-9,21H,10H2,1-3H3,(H,25,27). The van der Waals surface area contributed by atoms with E-state index < -0.39 is 12.5 Å². The van der Waals surface area contributed by atoms with Gasteiger partial charge in [0.1, 0.15) is 23.9 Å². The molecule has 6 nitrogen and oxygen atoms in total. The van der Waals surface area contributed by atoms with Crippen LogP contribution < -0.4 is 14.8 Å². The number of carbonyl (C=O) groups is 1. The summed E-state index contributed by atoms with van der Waals surface area (Å²) < 4.78 is 40.1. The van der Waals surface area contributed by atoms with Gasteiger partial charge < -0.3 is 19.3 Å². The number of nitrogens with one attached hydrogen (secondary N) is 1. The Morgan fingerprint density at radius 2 is 1.90 bits per heavy atom. The number of carbonyl (C=O) groups excluding carboxylic acids is 1. The summed E-state index contributed by atoms with van der Waals surface area (Å²) in [6.45, 7) is 2.63. The molecular weight excluding hydrogens is 418 g/mol. The van der Waals surface area contributed by atoms with E-state index in [1.807, 2.05) is 32.0 Å². The fourth-order valence-corrected chi connectivity index (χ4v) is 3.10. The predicted molar refractivity (Wildman–Crippen MR) is 108 cm³/mol. The molecule has 1 aromatic heterocycles. The first-order valence-corrected chi connectivity index (χ1v) is 9.34. The first-order chi connectivity index (χ1) is 14.3. The van der Waals surface area contributed by atoms with Gasteiger partial charge >= 0.3 is 6.61 Å². The van der Waals surface area contributed by atoms with E-state index in [4.69, 9.17) is 20.9 Å². The number of alkyl halides is 2. The van der Waals surface area contributed by atoms with E-state index in [0.717, 1.165) is 16.9 Å². The molecule has 30 heavy (non-hydrogen) atoms. The zero-order chi connectivity index (χ0) is 21.8. The molecule has 1 amide bonds. The lowest BCUT2D eigenvalue weighted by molar-refractivity contribution is -0.0497. The van der Waals surface area contributed by atoms with Gasteiger partial charge in [0.05, 0.1) is 10.6 Å². The quantitative estimate of drug-likeness (QED) is 0.515. The van der Waals surface area contributed by atoms with Crippen LogP contribution in [0.3, 0.4) is 0 Å². The van der Waals surface area contributed by atoms with E-state index >= 15 is 0 Å². The molecule has 0 saturated heterocycles. The third-order valence-corrected chi connectivity index (χ3v) is 4.67. The maximum atomic E-state index is 12.7. The molecule has 158 valence electrons. The molecule has 0 spiro atoms. The molecule has 2 aromatic carbocycles. The van der Waals surface area contributed by atoms with E-state index in [-0.39, 0.29) is 28.8 Å². The number of aryl methyl sites for hydroxylation is 3. The lowest BCUT2D eigenvalue weighted by atomic mass is 10.1. The minimum atomic E-state index is -3.00. The van der Waals surface area contributed by atoms with Gasteiger partial charge in [-0.1, -0.05) is 35.0 Å². The molecule has 0 aliphatic rings. The summed E-state index contributed by atoms with van der Waals surface area (Å²) in [5.74, 6) is 0.436. The third kappa shape index (κ3) is 4.88. The van der Waals surface area contributed by atoms with E-state index in [0.29, 0.717) is 11.3 Å². The summed E-state index contributed by atoms with van der Waals surface area (Å²) in [4.78, 5) is 12.7. The van der Waals surface area contributed by atoms with E-state index in [1.54, 1.807) is 6.92 Å². The molecular formula is C21H19ClF2N2O4. The highest BCUT2D eigenvalue weighted by molar-refractivity contribution is 6.32. The van der Waals surface area contributed by atoms with Gasteiger partial charge in [0.2, 0.25) is 0 Å². The second-order valence-electron chi connectivity index (χ2n) is 6.55. The van der Waals surface area contributed by atoms with Gasteiger partial charge in [0.25, 0.3) is 5.91 Å². The van der Waals surface area contributed by atoms with Crippen LogP contribution in [0.2, 0.25) is 5.02 Å². The number of ether oxygens (including phenoxy) is 2. The molecule has 3 rings (SSSR count). The maximum absolute atomic E-state index is 12.7. The molecule has 0 saturated carbocycles. The summed E-state index contributed by atoms with van der Waals surface area (Å²) in [7, 11) is 0. The zero-order valence-corrected chi connectivity index (χ0v) is 17.2. The predicted octanol–water partition coefficient (Wildman–Crippen LogP) is 5.69. The van der Waals surface area contributed by atoms with E-state index in [9.17, 15) is 13.6 Å². The van der Waals surface area contributed by atoms with E-state index in [2.05, 4.69) is 15.2 Å². The average molecular weight is 437 g/mol. The van der Waals surface area contributed by atoms with Crippen LogP contribution in [0.1, 0.15) is 32.9 Å². The Bertz CT molecular complexity index is 1050. The Balaban J connectivity index is 1.75. The van der Waals surface area contributed by atoms with Crippen molar-refractivity contribution in [3.05, 3.63) is 69.6 Å². The summed E-state index contributed by atoms with van der Waals surface area (Å²) in [5, 5.41) is 6.37. The number of amides is 1. The van der Waals surface area contributed by atoms with Crippen molar-refractivity contribution < 1.29 is 27.6 Å². The first-order valence-electron chi connectivity index (χ1n) is 8.96. The molecule has 0 radical (unpaired) electrons. The number of benzene rings is 2. The van der Waals surface area contributed by atoms with Crippen LogP contribution in [-0.2, 0) is 6.61 Å². The van der Waals surface area contributed by atoms with Crippen LogP contribution in [0.4, 0.5) is 14.5 Å². The number of hydrogen-bond acceptors (Lipinski definition) is 5. The third-order valence-electron chi connectivity index (χ3n) is 4.38. The molecule has 0 bridgehead atoms. The second-order valence-corrected chi connectivity index (χ2v) is 6.96. The Labute approximate surface area is 176 Å². The largest absolute Gasteiger partial charge is 0.488 e. The number of nitrogens with zero attached hydrogens (tertiary/aromatic N) is 1. The topological polar surface area (TPSA) is 73.6 Å². The Hall–Kier alpha value is -3.13. The number of rotatable bonds is 7. The van der Waals surface area contributed by atoms with Gasteiger partial charge in [-0.2, -0.15) is 8.78 Å². The van der Waals surface area contributed by atoms with Crippen molar-refractivity contribution in [2.75, 3.05) is 5.32 Å². The van der Waals surface area contributed by atoms with Crippen LogP contribution in [0.5, 0.6) is 11.5 Å². The number of para-hydroxylation sites is 1. The minimum absolute atomic E-state index is 0.0581. The van der Waals surface area contributed by atoms with Gasteiger partial charge in [-0.15, -0.1) is 0 Å². The van der Waals surface area contributed by atoms with Crippen molar-refractivity contribution >= 4 is 23.2 Å². The zero-order valence-electron chi connectivity index (χ0n) is 16.5. The highest BCUT2D eigenvalue weighted by Gasteiger charge is 2.21. The van der Waals surface area contributed by atoms with Gasteiger partial charge in [-0.3, -0.25) is 4.79 Å². The molecule has 3 aromatic rings. The Morgan fingerprint density at radius 3 is 2.53 bits per heavy atom. The van der Waals surface area contributed by atoms with Crippen LogP contribution in [-0.4, -0.2) is 17.7 Å². The molecule has 9 heteroatoms. The summed E-state index contributed by atoms with van der Waals surface area (Å²) in [6.07, 6.45) is 0. The molecule has 0 aliphatic carbocycles. The lowest BCUT2D eigenvalue weighted by Crippen LogP contribution is -2.15.